The van der Waals surface area contributed by atoms with Crippen molar-refractivity contribution in [2.75, 3.05) is 46.4 Å². The third-order valence-corrected chi connectivity index (χ3v) is 4.87. The van der Waals surface area contributed by atoms with Crippen LogP contribution >= 0.6 is 11.6 Å². The van der Waals surface area contributed by atoms with Gasteiger partial charge in [-0.05, 0) is 13.0 Å². The van der Waals surface area contributed by atoms with Gasteiger partial charge in [0.2, 0.25) is 5.91 Å². The molecule has 1 aromatic heterocycles. The van der Waals surface area contributed by atoms with Crippen LogP contribution in [0.2, 0.25) is 5.02 Å². The van der Waals surface area contributed by atoms with Gasteiger partial charge in [0.1, 0.15) is 6.54 Å². The van der Waals surface area contributed by atoms with Crippen molar-refractivity contribution in [1.82, 2.24) is 19.6 Å². The first-order valence-electron chi connectivity index (χ1n) is 8.52. The van der Waals surface area contributed by atoms with Gasteiger partial charge in [-0.15, -0.1) is 0 Å². The quantitative estimate of drug-likeness (QED) is 0.764. The number of halogens is 4. The second kappa shape index (κ2) is 9.10. The molecule has 1 spiro atoms. The molecule has 0 aliphatic carbocycles. The molecule has 0 aromatic carbocycles. The highest BCUT2D eigenvalue weighted by Crippen LogP contribution is 2.39. The molecule has 158 valence electrons. The van der Waals surface area contributed by atoms with Gasteiger partial charge in [0.05, 0.1) is 17.8 Å². The van der Waals surface area contributed by atoms with Crippen molar-refractivity contribution in [2.24, 2.45) is 5.41 Å². The zero-order valence-corrected chi connectivity index (χ0v) is 16.0. The van der Waals surface area contributed by atoms with Crippen molar-refractivity contribution >= 4 is 23.5 Å². The molecule has 3 rings (SSSR count). The van der Waals surface area contributed by atoms with Crippen LogP contribution in [0.4, 0.5) is 13.2 Å². The van der Waals surface area contributed by atoms with Crippen LogP contribution in [0, 0.1) is 5.41 Å². The highest BCUT2D eigenvalue weighted by molar-refractivity contribution is 6.30. The second-order valence-electron chi connectivity index (χ2n) is 6.93. The van der Waals surface area contributed by atoms with Crippen molar-refractivity contribution < 1.29 is 32.6 Å². The number of hydrogen-bond donors (Lipinski definition) is 1. The monoisotopic (exact) mass is 426 g/mol. The number of carbonyl (C=O) groups excluding carboxylic acids is 1. The third-order valence-electron chi connectivity index (χ3n) is 4.68. The first-order chi connectivity index (χ1) is 13.0. The van der Waals surface area contributed by atoms with Crippen molar-refractivity contribution in [3.63, 3.8) is 0 Å². The number of methoxy groups -OCH3 is 1. The normalized spacial score (nSPS) is 18.5. The number of hydrogen-bond acceptors (Lipinski definition) is 5. The average Bonchev–Trinajstić information content (AvgIpc) is 3.17. The van der Waals surface area contributed by atoms with E-state index in [4.69, 9.17) is 26.2 Å². The van der Waals surface area contributed by atoms with Crippen LogP contribution in [0.5, 0.6) is 0 Å². The number of alkyl halides is 3. The Hall–Kier alpha value is -1.85. The minimum absolute atomic E-state index is 0.121. The zero-order valence-electron chi connectivity index (χ0n) is 15.3. The van der Waals surface area contributed by atoms with E-state index in [9.17, 15) is 18.0 Å². The lowest BCUT2D eigenvalue weighted by atomic mass is 9.79. The third kappa shape index (κ3) is 6.08. The Bertz CT molecular complexity index is 692. The van der Waals surface area contributed by atoms with Crippen molar-refractivity contribution in [2.45, 2.75) is 19.1 Å². The van der Waals surface area contributed by atoms with Crippen LogP contribution in [-0.4, -0.2) is 89.2 Å². The molecule has 2 saturated heterocycles. The lowest BCUT2D eigenvalue weighted by molar-refractivity contribution is -0.192. The van der Waals surface area contributed by atoms with Gasteiger partial charge in [-0.2, -0.15) is 18.3 Å². The molecule has 1 aromatic rings. The first-order valence-corrected chi connectivity index (χ1v) is 8.90. The maximum Gasteiger partial charge on any atom is 0.490 e. The number of amides is 1. The molecule has 1 amide bonds. The number of aliphatic carboxylic acids is 1. The summed E-state index contributed by atoms with van der Waals surface area (Å²) >= 11 is 5.80. The van der Waals surface area contributed by atoms with E-state index in [-0.39, 0.29) is 12.5 Å². The van der Waals surface area contributed by atoms with Gasteiger partial charge in [-0.25, -0.2) is 4.79 Å². The van der Waals surface area contributed by atoms with Gasteiger partial charge < -0.3 is 19.6 Å². The molecule has 3 heterocycles. The molecule has 0 bridgehead atoms. The summed E-state index contributed by atoms with van der Waals surface area (Å²) in [6.45, 7) is 5.95. The highest BCUT2D eigenvalue weighted by atomic mass is 35.5. The number of nitrogens with zero attached hydrogens (tertiary/aromatic N) is 4. The molecule has 2 aliphatic heterocycles. The van der Waals surface area contributed by atoms with E-state index in [1.165, 1.54) is 6.42 Å². The van der Waals surface area contributed by atoms with Crippen molar-refractivity contribution in [1.29, 1.82) is 0 Å². The Morgan fingerprint density at radius 3 is 2.50 bits per heavy atom. The lowest BCUT2D eigenvalue weighted by Crippen LogP contribution is -2.60. The lowest BCUT2D eigenvalue weighted by Gasteiger charge is -2.48. The minimum atomic E-state index is -5.08. The largest absolute Gasteiger partial charge is 0.490 e. The summed E-state index contributed by atoms with van der Waals surface area (Å²) < 4.78 is 38.5. The highest BCUT2D eigenvalue weighted by Gasteiger charge is 2.48. The van der Waals surface area contributed by atoms with E-state index >= 15 is 0 Å². The van der Waals surface area contributed by atoms with Gasteiger partial charge in [0.25, 0.3) is 0 Å². The number of carboxylic acid groups (broad SMARTS) is 1. The van der Waals surface area contributed by atoms with Crippen molar-refractivity contribution in [3.8, 4) is 0 Å². The number of ether oxygens (including phenoxy) is 1. The zero-order chi connectivity index (χ0) is 20.9. The molecule has 0 atom stereocenters. The Balaban J connectivity index is 0.000000345. The van der Waals surface area contributed by atoms with Crippen LogP contribution in [0.1, 0.15) is 6.42 Å². The molecule has 8 nitrogen and oxygen atoms in total. The maximum absolute atomic E-state index is 12.2. The van der Waals surface area contributed by atoms with Crippen LogP contribution < -0.4 is 0 Å². The van der Waals surface area contributed by atoms with Gasteiger partial charge in [-0.3, -0.25) is 9.48 Å². The van der Waals surface area contributed by atoms with Crippen LogP contribution in [0.15, 0.2) is 12.4 Å². The topological polar surface area (TPSA) is 87.9 Å². The van der Waals surface area contributed by atoms with E-state index in [1.807, 2.05) is 4.90 Å². The average molecular weight is 427 g/mol. The van der Waals surface area contributed by atoms with E-state index in [0.717, 1.165) is 39.3 Å². The van der Waals surface area contributed by atoms with Crippen molar-refractivity contribution in [3.05, 3.63) is 17.4 Å². The number of rotatable bonds is 5. The molecule has 2 fully saturated rings. The number of likely N-dealkylation sites (tertiary alicyclic amines) is 2. The summed E-state index contributed by atoms with van der Waals surface area (Å²) in [5.74, 6) is -2.64. The minimum Gasteiger partial charge on any atom is -0.475 e. The predicted octanol–water partition coefficient (Wildman–Crippen LogP) is 1.35. The van der Waals surface area contributed by atoms with E-state index < -0.39 is 12.1 Å². The molecule has 1 N–H and O–H groups in total. The molecular weight excluding hydrogens is 405 g/mol. The Kier molecular flexibility index (Phi) is 7.29. The fourth-order valence-electron chi connectivity index (χ4n) is 3.30. The van der Waals surface area contributed by atoms with E-state index in [1.54, 1.807) is 24.2 Å². The van der Waals surface area contributed by atoms with Crippen LogP contribution in [-0.2, 0) is 20.9 Å². The fraction of sp³-hybridized carbons (Fsp3) is 0.688. The van der Waals surface area contributed by atoms with Gasteiger partial charge in [-0.1, -0.05) is 11.6 Å². The Morgan fingerprint density at radius 1 is 1.36 bits per heavy atom. The van der Waals surface area contributed by atoms with Gasteiger partial charge in [0, 0.05) is 44.9 Å². The Morgan fingerprint density at radius 2 is 2.00 bits per heavy atom. The molecule has 2 aliphatic rings. The summed E-state index contributed by atoms with van der Waals surface area (Å²) in [6, 6.07) is 0. The summed E-state index contributed by atoms with van der Waals surface area (Å²) in [5.41, 5.74) is 0.311. The number of aromatic nitrogens is 2. The van der Waals surface area contributed by atoms with Crippen LogP contribution in [0.25, 0.3) is 0 Å². The molecule has 12 heteroatoms. The summed E-state index contributed by atoms with van der Waals surface area (Å²) in [7, 11) is 1.73. The van der Waals surface area contributed by atoms with Gasteiger partial charge >= 0.3 is 12.1 Å². The SMILES string of the molecule is COCCN1CCC2(C1)CN(C(=O)Cn1cc(Cl)cn1)C2.O=C(O)C(F)(F)F. The molecule has 0 unspecified atom stereocenters. The molecular formula is C16H22ClF3N4O4. The smallest absolute Gasteiger partial charge is 0.475 e. The second-order valence-corrected chi connectivity index (χ2v) is 7.36. The summed E-state index contributed by atoms with van der Waals surface area (Å²) in [6.07, 6.45) is -0.678. The first kappa shape index (κ1) is 22.4. The predicted molar refractivity (Wildman–Crippen MR) is 92.9 cm³/mol. The molecule has 28 heavy (non-hydrogen) atoms. The Labute approximate surface area is 164 Å². The van der Waals surface area contributed by atoms with Gasteiger partial charge in [0.15, 0.2) is 0 Å². The maximum atomic E-state index is 12.2. The summed E-state index contributed by atoms with van der Waals surface area (Å²) in [4.78, 5) is 25.4. The standard InChI is InChI=1S/C14H21ClN4O2.C2HF3O2/c1-21-5-4-17-3-2-14(9-17)10-18(11-14)13(20)8-19-7-12(15)6-16-19;3-2(4,5)1(6)7/h6-7H,2-5,8-11H2,1H3;(H,6,7). The van der Waals surface area contributed by atoms with E-state index in [2.05, 4.69) is 10.00 Å². The van der Waals surface area contributed by atoms with Crippen LogP contribution in [0.3, 0.4) is 0 Å². The number of carbonyl (C=O) groups is 2. The van der Waals surface area contributed by atoms with E-state index in [0.29, 0.717) is 10.4 Å². The molecule has 0 radical (unpaired) electrons. The molecule has 0 saturated carbocycles. The summed E-state index contributed by atoms with van der Waals surface area (Å²) in [5, 5.41) is 11.7. The number of carboxylic acids is 1. The fourth-order valence-corrected chi connectivity index (χ4v) is 3.46.